The van der Waals surface area contributed by atoms with Crippen molar-refractivity contribution in [1.82, 2.24) is 5.32 Å². The molecule has 0 amide bonds. The molecule has 1 aliphatic carbocycles. The van der Waals surface area contributed by atoms with Crippen molar-refractivity contribution in [2.75, 3.05) is 27.4 Å². The quantitative estimate of drug-likeness (QED) is 0.404. The second-order valence-corrected chi connectivity index (χ2v) is 9.11. The summed E-state index contributed by atoms with van der Waals surface area (Å²) in [6.45, 7) is 5.54. The number of carbonyl (C=O) groups excluding carboxylic acids is 3. The lowest BCUT2D eigenvalue weighted by atomic mass is 9.67. The number of ketones is 1. The van der Waals surface area contributed by atoms with Crippen LogP contribution in [0.5, 0.6) is 11.5 Å². The lowest BCUT2D eigenvalue weighted by Crippen LogP contribution is -2.43. The smallest absolute Gasteiger partial charge is 0.336 e. The lowest BCUT2D eigenvalue weighted by molar-refractivity contribution is -0.152. The molecule has 8 nitrogen and oxygen atoms in total. The number of hydrogen-bond acceptors (Lipinski definition) is 8. The van der Waals surface area contributed by atoms with Gasteiger partial charge < -0.3 is 24.3 Å². The number of benzene rings is 2. The van der Waals surface area contributed by atoms with Crippen molar-refractivity contribution in [1.29, 1.82) is 0 Å². The van der Waals surface area contributed by atoms with E-state index in [2.05, 4.69) is 5.32 Å². The van der Waals surface area contributed by atoms with E-state index in [1.165, 1.54) is 14.2 Å². The lowest BCUT2D eigenvalue weighted by Gasteiger charge is -2.39. The van der Waals surface area contributed by atoms with Gasteiger partial charge in [-0.15, -0.1) is 0 Å². The minimum atomic E-state index is -1.07. The molecule has 3 unspecified atom stereocenters. The van der Waals surface area contributed by atoms with Crippen LogP contribution in [0.15, 0.2) is 71.1 Å². The second-order valence-electron chi connectivity index (χ2n) is 9.11. The van der Waals surface area contributed by atoms with E-state index in [1.807, 2.05) is 30.3 Å². The molecular formula is C30H33NO7. The van der Waals surface area contributed by atoms with E-state index < -0.39 is 35.5 Å². The number of nitrogens with one attached hydrogen (secondary N) is 1. The second kappa shape index (κ2) is 11.5. The summed E-state index contributed by atoms with van der Waals surface area (Å²) in [7, 11) is 3.03. The first-order chi connectivity index (χ1) is 18.4. The van der Waals surface area contributed by atoms with Gasteiger partial charge in [-0.05, 0) is 38.8 Å². The Morgan fingerprint density at radius 2 is 1.66 bits per heavy atom. The van der Waals surface area contributed by atoms with Crippen LogP contribution in [0.4, 0.5) is 0 Å². The molecule has 0 fully saturated rings. The summed E-state index contributed by atoms with van der Waals surface area (Å²) in [5.41, 5.74) is 3.27. The van der Waals surface area contributed by atoms with E-state index in [0.29, 0.717) is 40.5 Å². The third kappa shape index (κ3) is 4.78. The predicted octanol–water partition coefficient (Wildman–Crippen LogP) is 4.42. The first-order valence-electron chi connectivity index (χ1n) is 12.7. The summed E-state index contributed by atoms with van der Waals surface area (Å²) in [5.74, 6) is -3.01. The van der Waals surface area contributed by atoms with Crippen LogP contribution in [0, 0.1) is 5.92 Å². The number of dihydropyridines is 1. The van der Waals surface area contributed by atoms with Crippen LogP contribution in [-0.4, -0.2) is 45.2 Å². The van der Waals surface area contributed by atoms with Crippen LogP contribution in [0.1, 0.15) is 50.2 Å². The van der Waals surface area contributed by atoms with Gasteiger partial charge in [0.1, 0.15) is 5.92 Å². The van der Waals surface area contributed by atoms with Gasteiger partial charge in [-0.3, -0.25) is 9.59 Å². The molecule has 2 aliphatic rings. The van der Waals surface area contributed by atoms with Gasteiger partial charge in [0.25, 0.3) is 0 Å². The zero-order valence-electron chi connectivity index (χ0n) is 22.3. The van der Waals surface area contributed by atoms with E-state index in [1.54, 1.807) is 39.0 Å². The van der Waals surface area contributed by atoms with E-state index in [0.717, 1.165) is 5.56 Å². The molecule has 0 radical (unpaired) electrons. The molecule has 1 N–H and O–H groups in total. The number of carbonyl (C=O) groups is 3. The molecule has 38 heavy (non-hydrogen) atoms. The topological polar surface area (TPSA) is 100 Å². The third-order valence-corrected chi connectivity index (χ3v) is 7.03. The molecule has 2 aromatic carbocycles. The molecule has 0 spiro atoms. The molecule has 0 saturated carbocycles. The number of hydrogen-bond donors (Lipinski definition) is 1. The fourth-order valence-electron chi connectivity index (χ4n) is 5.48. The standard InChI is InChI=1S/C30H33NO7/c1-6-37-29(33)23-17(3)31-21-16-20(18-12-9-8-10-13-18)25(30(34)38-7-2)27(32)26(21)24(23)19-14-11-15-22(35-4)28(19)36-5/h8-15,20,24-25,31H,6-7,16H2,1-5H3. The van der Waals surface area contributed by atoms with E-state index in [9.17, 15) is 14.4 Å². The van der Waals surface area contributed by atoms with Crippen LogP contribution in [-0.2, 0) is 23.9 Å². The van der Waals surface area contributed by atoms with Crippen molar-refractivity contribution in [2.24, 2.45) is 5.92 Å². The maximum atomic E-state index is 14.4. The Kier molecular flexibility index (Phi) is 8.20. The molecule has 0 aromatic heterocycles. The summed E-state index contributed by atoms with van der Waals surface area (Å²) in [5, 5.41) is 3.31. The monoisotopic (exact) mass is 519 g/mol. The van der Waals surface area contributed by atoms with Crippen molar-refractivity contribution in [3.63, 3.8) is 0 Å². The fraction of sp³-hybridized carbons (Fsp3) is 0.367. The van der Waals surface area contributed by atoms with Gasteiger partial charge in [0.05, 0.1) is 38.9 Å². The van der Waals surface area contributed by atoms with Gasteiger partial charge in [-0.2, -0.15) is 0 Å². The molecule has 0 bridgehead atoms. The van der Waals surface area contributed by atoms with Crippen LogP contribution < -0.4 is 14.8 Å². The van der Waals surface area contributed by atoms with Gasteiger partial charge in [0.2, 0.25) is 0 Å². The highest BCUT2D eigenvalue weighted by atomic mass is 16.5. The number of methoxy groups -OCH3 is 2. The summed E-state index contributed by atoms with van der Waals surface area (Å²) in [6.07, 6.45) is 0.380. The molecule has 3 atom stereocenters. The molecular weight excluding hydrogens is 486 g/mol. The fourth-order valence-corrected chi connectivity index (χ4v) is 5.48. The summed E-state index contributed by atoms with van der Waals surface area (Å²) in [4.78, 5) is 41.0. The molecule has 1 heterocycles. The third-order valence-electron chi connectivity index (χ3n) is 7.03. The van der Waals surface area contributed by atoms with Gasteiger partial charge in [0, 0.05) is 28.4 Å². The van der Waals surface area contributed by atoms with Crippen molar-refractivity contribution >= 4 is 17.7 Å². The van der Waals surface area contributed by atoms with Crippen molar-refractivity contribution in [2.45, 2.75) is 39.0 Å². The molecule has 8 heteroatoms. The SMILES string of the molecule is CCOC(=O)C1=C(C)NC2=C(C(=O)C(C(=O)OCC)C(c3ccccc3)C2)C1c1cccc(OC)c1OC. The highest BCUT2D eigenvalue weighted by Gasteiger charge is 2.49. The molecule has 1 aliphatic heterocycles. The van der Waals surface area contributed by atoms with Gasteiger partial charge in [-0.1, -0.05) is 42.5 Å². The zero-order valence-corrected chi connectivity index (χ0v) is 22.3. The van der Waals surface area contributed by atoms with Gasteiger partial charge in [0.15, 0.2) is 17.3 Å². The highest BCUT2D eigenvalue weighted by molar-refractivity contribution is 6.13. The van der Waals surface area contributed by atoms with Crippen LogP contribution in [0.25, 0.3) is 0 Å². The summed E-state index contributed by atoms with van der Waals surface area (Å²) >= 11 is 0. The zero-order chi connectivity index (χ0) is 27.4. The molecule has 4 rings (SSSR count). The van der Waals surface area contributed by atoms with Gasteiger partial charge >= 0.3 is 11.9 Å². The van der Waals surface area contributed by atoms with E-state index >= 15 is 0 Å². The Morgan fingerprint density at radius 3 is 2.29 bits per heavy atom. The largest absolute Gasteiger partial charge is 0.493 e. The van der Waals surface area contributed by atoms with E-state index in [-0.39, 0.29) is 18.8 Å². The number of allylic oxidation sites excluding steroid dienone is 3. The minimum Gasteiger partial charge on any atom is -0.493 e. The predicted molar refractivity (Wildman–Crippen MR) is 141 cm³/mol. The van der Waals surface area contributed by atoms with Crippen molar-refractivity contribution < 1.29 is 33.3 Å². The Labute approximate surface area is 222 Å². The average molecular weight is 520 g/mol. The Balaban J connectivity index is 1.96. The first kappa shape index (κ1) is 27.0. The normalized spacial score (nSPS) is 20.9. The Bertz CT molecular complexity index is 1290. The Hall–Kier alpha value is -4.07. The van der Waals surface area contributed by atoms with Crippen LogP contribution in [0.2, 0.25) is 0 Å². The van der Waals surface area contributed by atoms with Crippen LogP contribution >= 0.6 is 0 Å². The van der Waals surface area contributed by atoms with Crippen molar-refractivity contribution in [3.05, 3.63) is 82.2 Å². The highest BCUT2D eigenvalue weighted by Crippen LogP contribution is 2.51. The van der Waals surface area contributed by atoms with Crippen molar-refractivity contribution in [3.8, 4) is 11.5 Å². The maximum absolute atomic E-state index is 14.4. The minimum absolute atomic E-state index is 0.147. The number of para-hydroxylation sites is 1. The molecule has 2 aromatic rings. The van der Waals surface area contributed by atoms with E-state index in [4.69, 9.17) is 18.9 Å². The summed E-state index contributed by atoms with van der Waals surface area (Å²) < 4.78 is 22.0. The number of rotatable bonds is 8. The maximum Gasteiger partial charge on any atom is 0.336 e. The number of ether oxygens (including phenoxy) is 4. The first-order valence-corrected chi connectivity index (χ1v) is 12.7. The van der Waals surface area contributed by atoms with Gasteiger partial charge in [-0.25, -0.2) is 4.79 Å². The average Bonchev–Trinajstić information content (AvgIpc) is 2.92. The Morgan fingerprint density at radius 1 is 0.947 bits per heavy atom. The number of Topliss-reactive ketones (excluding diaryl/α,β-unsaturated/α-hetero) is 1. The van der Waals surface area contributed by atoms with Crippen LogP contribution in [0.3, 0.4) is 0 Å². The summed E-state index contributed by atoms with van der Waals surface area (Å²) in [6, 6.07) is 14.8. The molecule has 200 valence electrons. The molecule has 0 saturated heterocycles. The number of esters is 2.